The van der Waals surface area contributed by atoms with Gasteiger partial charge in [0.15, 0.2) is 0 Å². The van der Waals surface area contributed by atoms with Crippen LogP contribution in [0.4, 0.5) is 0 Å². The normalized spacial score (nSPS) is 11.5. The first-order valence-corrected chi connectivity index (χ1v) is 21.6. The molecule has 0 aliphatic heterocycles. The number of hydrogen-bond acceptors (Lipinski definition) is 1. The smallest absolute Gasteiger partial charge is 0.119 e. The number of benzene rings is 1. The maximum Gasteiger partial charge on any atom is 0.119 e. The topological polar surface area (TPSA) is 20.2 Å². The molecule has 0 saturated heterocycles. The molecule has 46 heavy (non-hydrogen) atoms. The van der Waals surface area contributed by atoms with Crippen molar-refractivity contribution in [3.63, 3.8) is 0 Å². The predicted octanol–water partition coefficient (Wildman–Crippen LogP) is 16.0. The minimum Gasteiger partial charge on any atom is -0.508 e. The van der Waals surface area contributed by atoms with E-state index in [4.69, 9.17) is 0 Å². The fourth-order valence-electron chi connectivity index (χ4n) is 7.47. The van der Waals surface area contributed by atoms with Gasteiger partial charge in [0.2, 0.25) is 0 Å². The molecular weight excluding hydrogens is 556 g/mol. The molecule has 1 heteroatoms. The van der Waals surface area contributed by atoms with Crippen molar-refractivity contribution < 1.29 is 5.11 Å². The van der Waals surface area contributed by atoms with E-state index in [1.165, 1.54) is 236 Å². The molecule has 1 aromatic rings. The quantitative estimate of drug-likeness (QED) is 0.0724. The van der Waals surface area contributed by atoms with E-state index >= 15 is 0 Å². The molecule has 0 aliphatic rings. The molecule has 0 atom stereocenters. The van der Waals surface area contributed by atoms with Crippen molar-refractivity contribution in [3.05, 3.63) is 28.8 Å². The molecular formula is C45H84O. The van der Waals surface area contributed by atoms with Crippen LogP contribution >= 0.6 is 0 Å². The van der Waals surface area contributed by atoms with Crippen molar-refractivity contribution in [2.45, 2.75) is 252 Å². The largest absolute Gasteiger partial charge is 0.508 e. The van der Waals surface area contributed by atoms with Gasteiger partial charge < -0.3 is 5.11 Å². The molecule has 0 fully saturated rings. The monoisotopic (exact) mass is 641 g/mol. The number of rotatable bonds is 36. The van der Waals surface area contributed by atoms with E-state index in [1.807, 2.05) is 6.07 Å². The minimum atomic E-state index is 0.577. The Morgan fingerprint density at radius 1 is 0.304 bits per heavy atom. The molecule has 0 heterocycles. The van der Waals surface area contributed by atoms with Gasteiger partial charge in [0.25, 0.3) is 0 Å². The third-order valence-electron chi connectivity index (χ3n) is 10.6. The molecule has 0 radical (unpaired) electrons. The lowest BCUT2D eigenvalue weighted by atomic mass is 9.89. The van der Waals surface area contributed by atoms with Crippen molar-refractivity contribution in [3.8, 4) is 5.75 Å². The second-order valence-corrected chi connectivity index (χ2v) is 15.1. The summed E-state index contributed by atoms with van der Waals surface area (Å²) in [6.45, 7) is 6.91. The maximum atomic E-state index is 11.0. The van der Waals surface area contributed by atoms with E-state index in [1.54, 1.807) is 5.56 Å². The highest BCUT2D eigenvalue weighted by molar-refractivity contribution is 5.45. The van der Waals surface area contributed by atoms with E-state index in [2.05, 4.69) is 26.8 Å². The van der Waals surface area contributed by atoms with Crippen LogP contribution in [0, 0.1) is 0 Å². The van der Waals surface area contributed by atoms with Crippen LogP contribution in [0.25, 0.3) is 0 Å². The van der Waals surface area contributed by atoms with Gasteiger partial charge in [-0.15, -0.1) is 0 Å². The molecule has 1 rings (SSSR count). The van der Waals surface area contributed by atoms with E-state index < -0.39 is 0 Å². The third kappa shape index (κ3) is 25.1. The van der Waals surface area contributed by atoms with Crippen molar-refractivity contribution in [2.75, 3.05) is 0 Å². The molecule has 1 nitrogen and oxygen atoms in total. The zero-order chi connectivity index (χ0) is 33.2. The summed E-state index contributed by atoms with van der Waals surface area (Å²) in [6, 6.07) is 4.31. The average Bonchev–Trinajstić information content (AvgIpc) is 3.06. The Balaban J connectivity index is 2.47. The van der Waals surface area contributed by atoms with Crippen molar-refractivity contribution in [1.82, 2.24) is 0 Å². The van der Waals surface area contributed by atoms with Crippen molar-refractivity contribution in [1.29, 1.82) is 0 Å². The van der Waals surface area contributed by atoms with Gasteiger partial charge >= 0.3 is 0 Å². The van der Waals surface area contributed by atoms with Crippen LogP contribution in [-0.2, 0) is 19.3 Å². The lowest BCUT2D eigenvalue weighted by Crippen LogP contribution is -2.03. The van der Waals surface area contributed by atoms with E-state index in [-0.39, 0.29) is 0 Å². The molecule has 1 N–H and O–H groups in total. The highest BCUT2D eigenvalue weighted by Crippen LogP contribution is 2.30. The van der Waals surface area contributed by atoms with Gasteiger partial charge in [-0.05, 0) is 61.3 Å². The number of unbranched alkanes of at least 4 members (excludes halogenated alkanes) is 30. The number of phenolic OH excluding ortho intramolecular Hbond substituents is 1. The van der Waals surface area contributed by atoms with E-state index in [0.717, 1.165) is 6.42 Å². The van der Waals surface area contributed by atoms with Crippen molar-refractivity contribution in [2.24, 2.45) is 0 Å². The molecule has 0 spiro atoms. The second-order valence-electron chi connectivity index (χ2n) is 15.1. The molecule has 0 aromatic heterocycles. The minimum absolute atomic E-state index is 0.577. The van der Waals surface area contributed by atoms with Crippen LogP contribution in [0.5, 0.6) is 5.75 Å². The summed E-state index contributed by atoms with van der Waals surface area (Å²) >= 11 is 0. The predicted molar refractivity (Wildman–Crippen MR) is 209 cm³/mol. The molecule has 0 bridgehead atoms. The standard InChI is InChI=1S/C45H84O/c1-4-7-10-13-16-19-22-25-28-31-34-37-42-40-41-45(46)44(39-36-33-30-27-24-21-18-15-12-9-6-3)43(42)38-35-32-29-26-23-20-17-14-11-8-5-2/h40-41,46H,4-39H2,1-3H3. The van der Waals surface area contributed by atoms with Gasteiger partial charge in [0, 0.05) is 0 Å². The second kappa shape index (κ2) is 33.9. The Hall–Kier alpha value is -0.980. The molecule has 0 saturated carbocycles. The van der Waals surface area contributed by atoms with Gasteiger partial charge in [-0.2, -0.15) is 0 Å². The van der Waals surface area contributed by atoms with Crippen molar-refractivity contribution >= 4 is 0 Å². The Labute approximate surface area is 290 Å². The summed E-state index contributed by atoms with van der Waals surface area (Å²) in [5.74, 6) is 0.577. The van der Waals surface area contributed by atoms with Gasteiger partial charge in [-0.3, -0.25) is 0 Å². The fraction of sp³-hybridized carbons (Fsp3) is 0.867. The highest BCUT2D eigenvalue weighted by Gasteiger charge is 2.13. The first-order valence-electron chi connectivity index (χ1n) is 21.6. The highest BCUT2D eigenvalue weighted by atomic mass is 16.3. The number of phenols is 1. The Bertz CT molecular complexity index is 752. The molecule has 1 aromatic carbocycles. The summed E-state index contributed by atoms with van der Waals surface area (Å²) in [5, 5.41) is 11.0. The Kier molecular flexibility index (Phi) is 31.7. The van der Waals surface area contributed by atoms with Gasteiger partial charge in [-0.25, -0.2) is 0 Å². The Morgan fingerprint density at radius 2 is 0.565 bits per heavy atom. The fourth-order valence-corrected chi connectivity index (χ4v) is 7.47. The van der Waals surface area contributed by atoms with Crippen LogP contribution in [-0.4, -0.2) is 5.11 Å². The lowest BCUT2D eigenvalue weighted by molar-refractivity contribution is 0.463. The zero-order valence-corrected chi connectivity index (χ0v) is 32.1. The molecule has 0 amide bonds. The van der Waals surface area contributed by atoms with E-state index in [9.17, 15) is 5.11 Å². The van der Waals surface area contributed by atoms with Gasteiger partial charge in [0.1, 0.15) is 5.75 Å². The summed E-state index contributed by atoms with van der Waals surface area (Å²) in [5.41, 5.74) is 4.40. The Morgan fingerprint density at radius 3 is 0.891 bits per heavy atom. The molecule has 0 aliphatic carbocycles. The summed E-state index contributed by atoms with van der Waals surface area (Å²) in [7, 11) is 0. The first kappa shape index (κ1) is 43.0. The van der Waals surface area contributed by atoms with E-state index in [0.29, 0.717) is 5.75 Å². The summed E-state index contributed by atoms with van der Waals surface area (Å²) in [4.78, 5) is 0. The number of aryl methyl sites for hydroxylation is 1. The molecule has 0 unspecified atom stereocenters. The third-order valence-corrected chi connectivity index (χ3v) is 10.6. The number of hydrogen-bond donors (Lipinski definition) is 1. The first-order chi connectivity index (χ1) is 22.7. The van der Waals surface area contributed by atoms with Crippen LogP contribution in [0.2, 0.25) is 0 Å². The number of aromatic hydroxyl groups is 1. The molecule has 270 valence electrons. The van der Waals surface area contributed by atoms with Crippen LogP contribution in [0.3, 0.4) is 0 Å². The van der Waals surface area contributed by atoms with Gasteiger partial charge in [-0.1, -0.05) is 219 Å². The SMILES string of the molecule is CCCCCCCCCCCCCc1ccc(O)c(CCCCCCCCCCCCC)c1CCCCCCCCCCCCC. The zero-order valence-electron chi connectivity index (χ0n) is 32.1. The van der Waals surface area contributed by atoms with Crippen LogP contribution in [0.1, 0.15) is 249 Å². The average molecular weight is 641 g/mol. The van der Waals surface area contributed by atoms with Crippen LogP contribution < -0.4 is 0 Å². The maximum absolute atomic E-state index is 11.0. The summed E-state index contributed by atoms with van der Waals surface area (Å²) < 4.78 is 0. The summed E-state index contributed by atoms with van der Waals surface area (Å²) in [6.07, 6.45) is 49.4. The lowest BCUT2D eigenvalue weighted by Gasteiger charge is -2.17. The van der Waals surface area contributed by atoms with Crippen LogP contribution in [0.15, 0.2) is 12.1 Å². The van der Waals surface area contributed by atoms with Gasteiger partial charge in [0.05, 0.1) is 0 Å².